The van der Waals surface area contributed by atoms with Crippen molar-refractivity contribution < 1.29 is 8.83 Å². The number of nitrogens with one attached hydrogen (secondary N) is 2. The Kier molecular flexibility index (Phi) is 10.4. The molecule has 4 heterocycles. The van der Waals surface area contributed by atoms with Crippen LogP contribution in [0.25, 0.3) is 33.4 Å². The van der Waals surface area contributed by atoms with Crippen LogP contribution in [0.2, 0.25) is 0 Å². The number of furan rings is 2. The first kappa shape index (κ1) is 35.5. The Labute approximate surface area is 320 Å². The fourth-order valence-corrected chi connectivity index (χ4v) is 8.66. The van der Waals surface area contributed by atoms with Gasteiger partial charge in [-0.2, -0.15) is 0 Å². The number of fused-ring (bicyclic) bond motifs is 3. The van der Waals surface area contributed by atoms with E-state index in [-0.39, 0.29) is 0 Å². The van der Waals surface area contributed by atoms with E-state index in [0.717, 1.165) is 48.2 Å². The van der Waals surface area contributed by atoms with Crippen molar-refractivity contribution in [1.29, 1.82) is 0 Å². The Morgan fingerprint density at radius 3 is 1.65 bits per heavy atom. The summed E-state index contributed by atoms with van der Waals surface area (Å²) >= 11 is 0. The van der Waals surface area contributed by atoms with Crippen LogP contribution < -0.4 is 10.6 Å². The molecule has 9 rings (SSSR count). The van der Waals surface area contributed by atoms with Crippen LogP contribution in [0.1, 0.15) is 85.8 Å². The van der Waals surface area contributed by atoms with Crippen molar-refractivity contribution in [3.8, 4) is 22.5 Å². The maximum absolute atomic E-state index is 6.28. The minimum absolute atomic E-state index is 0.574. The van der Waals surface area contributed by atoms with Crippen molar-refractivity contribution in [1.82, 2.24) is 0 Å². The molecular weight excluding hydrogens is 661 g/mol. The van der Waals surface area contributed by atoms with Gasteiger partial charge in [0.15, 0.2) is 0 Å². The molecule has 5 aromatic carbocycles. The summed E-state index contributed by atoms with van der Waals surface area (Å²) in [5.74, 6) is 3.40. The van der Waals surface area contributed by atoms with Crippen molar-refractivity contribution >= 4 is 22.3 Å². The van der Waals surface area contributed by atoms with Gasteiger partial charge in [0.2, 0.25) is 0 Å². The highest BCUT2D eigenvalue weighted by molar-refractivity contribution is 5.88. The monoisotopic (exact) mass is 712 g/mol. The minimum atomic E-state index is 0.574. The van der Waals surface area contributed by atoms with Gasteiger partial charge in [0, 0.05) is 46.5 Å². The number of anilines is 2. The van der Waals surface area contributed by atoms with E-state index in [1.165, 1.54) is 68.7 Å². The molecule has 2 aliphatic heterocycles. The van der Waals surface area contributed by atoms with Gasteiger partial charge in [-0.3, -0.25) is 0 Å². The highest BCUT2D eigenvalue weighted by atomic mass is 16.3. The Balaban J connectivity index is 0.000000155. The van der Waals surface area contributed by atoms with Crippen LogP contribution in [0, 0.1) is 11.8 Å². The molecule has 0 bridgehead atoms. The van der Waals surface area contributed by atoms with Gasteiger partial charge in [-0.1, -0.05) is 119 Å². The van der Waals surface area contributed by atoms with Crippen LogP contribution in [0.5, 0.6) is 0 Å². The summed E-state index contributed by atoms with van der Waals surface area (Å²) < 4.78 is 11.6. The topological polar surface area (TPSA) is 50.3 Å². The zero-order valence-electron chi connectivity index (χ0n) is 32.1. The molecule has 2 aromatic heterocycles. The van der Waals surface area contributed by atoms with Crippen LogP contribution in [-0.2, 0) is 12.8 Å². The molecule has 0 spiro atoms. The van der Waals surface area contributed by atoms with E-state index in [4.69, 9.17) is 8.83 Å². The molecule has 0 saturated carbocycles. The second kappa shape index (κ2) is 15.9. The Bertz CT molecular complexity index is 2270. The summed E-state index contributed by atoms with van der Waals surface area (Å²) in [5.41, 5.74) is 15.4. The van der Waals surface area contributed by atoms with Gasteiger partial charge >= 0.3 is 0 Å². The predicted molar refractivity (Wildman–Crippen MR) is 226 cm³/mol. The lowest BCUT2D eigenvalue weighted by Gasteiger charge is -2.32. The van der Waals surface area contributed by atoms with Gasteiger partial charge in [-0.15, -0.1) is 0 Å². The van der Waals surface area contributed by atoms with E-state index in [2.05, 4.69) is 148 Å². The summed E-state index contributed by atoms with van der Waals surface area (Å²) in [4.78, 5) is 0. The van der Waals surface area contributed by atoms with E-state index in [1.54, 1.807) is 6.26 Å². The average molecular weight is 713 g/mol. The van der Waals surface area contributed by atoms with E-state index in [1.807, 2.05) is 18.4 Å². The predicted octanol–water partition coefficient (Wildman–Crippen LogP) is 13.3. The lowest BCUT2D eigenvalue weighted by Crippen LogP contribution is -2.21. The smallest absolute Gasteiger partial charge is 0.137 e. The largest absolute Gasteiger partial charge is 0.472 e. The van der Waals surface area contributed by atoms with E-state index < -0.39 is 0 Å². The molecule has 2 unspecified atom stereocenters. The van der Waals surface area contributed by atoms with Crippen LogP contribution >= 0.6 is 0 Å². The average Bonchev–Trinajstić information content (AvgIpc) is 3.89. The second-order valence-corrected chi connectivity index (χ2v) is 15.8. The summed E-state index contributed by atoms with van der Waals surface area (Å²) in [5, 5.41) is 8.50. The van der Waals surface area contributed by atoms with Crippen molar-refractivity contribution in [2.75, 3.05) is 23.7 Å². The van der Waals surface area contributed by atoms with E-state index in [0.29, 0.717) is 23.7 Å². The van der Waals surface area contributed by atoms with Crippen molar-refractivity contribution in [3.05, 3.63) is 167 Å². The fourth-order valence-electron chi connectivity index (χ4n) is 8.66. The third-order valence-corrected chi connectivity index (χ3v) is 11.4. The van der Waals surface area contributed by atoms with Gasteiger partial charge in [-0.05, 0) is 113 Å². The molecule has 274 valence electrons. The van der Waals surface area contributed by atoms with Crippen LogP contribution in [-0.4, -0.2) is 13.1 Å². The molecule has 0 radical (unpaired) electrons. The van der Waals surface area contributed by atoms with Gasteiger partial charge in [-0.25, -0.2) is 0 Å². The first-order chi connectivity index (χ1) is 26.4. The van der Waals surface area contributed by atoms with Crippen LogP contribution in [0.3, 0.4) is 0 Å². The standard InChI is InChI=1S/C27H27NO.C23H25NO/c1-18(2)22-12-13-28-27-23(22)15-20(14-19-8-4-3-5-9-19)16-24(27)26-17-21-10-6-7-11-25(21)29-26;1-16(2)20-8-10-24-23-21(19-9-11-25-15-19)13-18(14-22(20)23)12-17-6-4-3-5-7-17/h3-11,15-18,22,28H,12-14H2,1-2H3;3-7,9,11,13-16,20,24H,8,10,12H2,1-2H3. The quantitative estimate of drug-likeness (QED) is 0.165. The molecule has 2 atom stereocenters. The molecule has 7 aromatic rings. The number of hydrogen-bond acceptors (Lipinski definition) is 4. The zero-order chi connectivity index (χ0) is 37.0. The fraction of sp³-hybridized carbons (Fsp3) is 0.280. The molecule has 2 N–H and O–H groups in total. The van der Waals surface area contributed by atoms with Gasteiger partial charge in [0.25, 0.3) is 0 Å². The number of benzene rings is 5. The van der Waals surface area contributed by atoms with Gasteiger partial charge in [0.05, 0.1) is 12.5 Å². The molecule has 2 aliphatic rings. The highest BCUT2D eigenvalue weighted by Crippen LogP contribution is 2.45. The van der Waals surface area contributed by atoms with Crippen molar-refractivity contribution in [2.45, 2.75) is 65.2 Å². The third-order valence-electron chi connectivity index (χ3n) is 11.4. The Morgan fingerprint density at radius 2 is 1.11 bits per heavy atom. The molecule has 0 amide bonds. The van der Waals surface area contributed by atoms with Gasteiger partial charge in [0.1, 0.15) is 11.3 Å². The molecule has 0 fully saturated rings. The molecule has 4 heteroatoms. The van der Waals surface area contributed by atoms with E-state index >= 15 is 0 Å². The lowest BCUT2D eigenvalue weighted by atomic mass is 9.79. The Morgan fingerprint density at radius 1 is 0.574 bits per heavy atom. The zero-order valence-corrected chi connectivity index (χ0v) is 32.1. The first-order valence-corrected chi connectivity index (χ1v) is 19.8. The van der Waals surface area contributed by atoms with Crippen molar-refractivity contribution in [3.63, 3.8) is 0 Å². The lowest BCUT2D eigenvalue weighted by molar-refractivity contribution is 0.469. The number of para-hydroxylation sites is 1. The molecule has 0 aliphatic carbocycles. The SMILES string of the molecule is CC(C)C1CCNc2c(-c3cc4ccccc4o3)cc(Cc3ccccc3)cc21.CC(C)C1CCNc2c(-c3ccoc3)cc(Cc3ccccc3)cc21. The van der Waals surface area contributed by atoms with E-state index in [9.17, 15) is 0 Å². The maximum Gasteiger partial charge on any atom is 0.137 e. The third kappa shape index (κ3) is 7.61. The highest BCUT2D eigenvalue weighted by Gasteiger charge is 2.28. The summed E-state index contributed by atoms with van der Waals surface area (Å²) in [7, 11) is 0. The van der Waals surface area contributed by atoms with Crippen LogP contribution in [0.15, 0.2) is 143 Å². The Hall–Kier alpha value is -5.48. The normalized spacial score (nSPS) is 16.3. The molecule has 54 heavy (non-hydrogen) atoms. The number of rotatable bonds is 8. The molecule has 0 saturated heterocycles. The molecule has 4 nitrogen and oxygen atoms in total. The maximum atomic E-state index is 6.28. The summed E-state index contributed by atoms with van der Waals surface area (Å²) in [6.45, 7) is 11.4. The number of hydrogen-bond donors (Lipinski definition) is 2. The summed E-state index contributed by atoms with van der Waals surface area (Å²) in [6.07, 6.45) is 7.89. The first-order valence-electron chi connectivity index (χ1n) is 19.8. The second-order valence-electron chi connectivity index (χ2n) is 15.8. The minimum Gasteiger partial charge on any atom is -0.472 e. The van der Waals surface area contributed by atoms with Crippen molar-refractivity contribution in [2.24, 2.45) is 11.8 Å². The summed E-state index contributed by atoms with van der Waals surface area (Å²) in [6, 6.07) is 43.4. The van der Waals surface area contributed by atoms with Crippen LogP contribution in [0.4, 0.5) is 11.4 Å². The molecular formula is C50H52N2O2. The van der Waals surface area contributed by atoms with Gasteiger partial charge < -0.3 is 19.5 Å².